The van der Waals surface area contributed by atoms with E-state index in [-0.39, 0.29) is 12.4 Å². The first kappa shape index (κ1) is 15.1. The number of nitrogens with zero attached hydrogens (tertiary/aromatic N) is 1. The normalized spacial score (nSPS) is 12.4. The van der Waals surface area contributed by atoms with Gasteiger partial charge in [0.2, 0.25) is 6.79 Å². The van der Waals surface area contributed by atoms with E-state index in [4.69, 9.17) is 21.7 Å². The van der Waals surface area contributed by atoms with Gasteiger partial charge in [0.25, 0.3) is 5.56 Å². The van der Waals surface area contributed by atoms with Crippen molar-refractivity contribution in [3.05, 3.63) is 68.4 Å². The summed E-state index contributed by atoms with van der Waals surface area (Å²) in [6.45, 7) is 2.23. The SMILES string of the molecule is Cc1ccc(-n2c(=O)cc(-c3ccc4c(c3)OCO4)sc2=S)cc1. The largest absolute Gasteiger partial charge is 0.454 e. The first-order valence-electron chi connectivity index (χ1n) is 7.36. The molecule has 0 atom stereocenters. The van der Waals surface area contributed by atoms with Crippen LogP contribution in [-0.4, -0.2) is 11.4 Å². The zero-order chi connectivity index (χ0) is 16.7. The summed E-state index contributed by atoms with van der Waals surface area (Å²) in [4.78, 5) is 13.4. The van der Waals surface area contributed by atoms with E-state index in [1.54, 1.807) is 10.6 Å². The van der Waals surface area contributed by atoms with Crippen LogP contribution in [-0.2, 0) is 0 Å². The van der Waals surface area contributed by atoms with Crippen LogP contribution < -0.4 is 15.0 Å². The lowest BCUT2D eigenvalue weighted by Gasteiger charge is -2.08. The molecule has 1 aliphatic rings. The van der Waals surface area contributed by atoms with E-state index >= 15 is 0 Å². The Morgan fingerprint density at radius 1 is 1.04 bits per heavy atom. The Hall–Kier alpha value is -2.44. The van der Waals surface area contributed by atoms with Gasteiger partial charge in [0, 0.05) is 10.9 Å². The van der Waals surface area contributed by atoms with E-state index in [0.717, 1.165) is 27.4 Å². The highest BCUT2D eigenvalue weighted by Crippen LogP contribution is 2.36. The maximum absolute atomic E-state index is 12.6. The van der Waals surface area contributed by atoms with Crippen LogP contribution in [0.5, 0.6) is 11.5 Å². The zero-order valence-corrected chi connectivity index (χ0v) is 14.4. The summed E-state index contributed by atoms with van der Waals surface area (Å²) in [5, 5.41) is 0. The fraction of sp³-hybridized carbons (Fsp3) is 0.111. The summed E-state index contributed by atoms with van der Waals surface area (Å²) in [5.74, 6) is 1.41. The number of ether oxygens (including phenoxy) is 2. The zero-order valence-electron chi connectivity index (χ0n) is 12.8. The van der Waals surface area contributed by atoms with Crippen LogP contribution in [0, 0.1) is 10.9 Å². The molecule has 0 amide bonds. The number of rotatable bonds is 2. The molecule has 4 nitrogen and oxygen atoms in total. The van der Waals surface area contributed by atoms with Crippen LogP contribution in [0.15, 0.2) is 53.3 Å². The lowest BCUT2D eigenvalue weighted by Crippen LogP contribution is -2.17. The smallest absolute Gasteiger partial charge is 0.258 e. The van der Waals surface area contributed by atoms with Crippen molar-refractivity contribution in [3.63, 3.8) is 0 Å². The van der Waals surface area contributed by atoms with Gasteiger partial charge in [-0.1, -0.05) is 17.7 Å². The van der Waals surface area contributed by atoms with E-state index in [2.05, 4.69) is 0 Å². The van der Waals surface area contributed by atoms with Gasteiger partial charge in [0.15, 0.2) is 15.5 Å². The summed E-state index contributed by atoms with van der Waals surface area (Å²) in [7, 11) is 0. The molecule has 0 unspecified atom stereocenters. The van der Waals surface area contributed by atoms with Crippen LogP contribution in [0.3, 0.4) is 0 Å². The molecule has 6 heteroatoms. The Morgan fingerprint density at radius 3 is 2.54 bits per heavy atom. The highest BCUT2D eigenvalue weighted by atomic mass is 32.1. The van der Waals surface area contributed by atoms with Gasteiger partial charge in [-0.25, -0.2) is 0 Å². The molecule has 2 aromatic carbocycles. The van der Waals surface area contributed by atoms with Crippen LogP contribution in [0.2, 0.25) is 0 Å². The van der Waals surface area contributed by atoms with Crippen LogP contribution >= 0.6 is 23.6 Å². The summed E-state index contributed by atoms with van der Waals surface area (Å²) < 4.78 is 12.8. The highest BCUT2D eigenvalue weighted by Gasteiger charge is 2.15. The third-order valence-corrected chi connectivity index (χ3v) is 5.17. The maximum Gasteiger partial charge on any atom is 0.258 e. The Morgan fingerprint density at radius 2 is 1.79 bits per heavy atom. The lowest BCUT2D eigenvalue weighted by atomic mass is 10.1. The van der Waals surface area contributed by atoms with Gasteiger partial charge in [0.05, 0.1) is 5.69 Å². The van der Waals surface area contributed by atoms with Crippen molar-refractivity contribution in [1.82, 2.24) is 4.57 Å². The van der Waals surface area contributed by atoms with Gasteiger partial charge in [-0.2, -0.15) is 0 Å². The van der Waals surface area contributed by atoms with Gasteiger partial charge >= 0.3 is 0 Å². The van der Waals surface area contributed by atoms with Crippen molar-refractivity contribution in [2.24, 2.45) is 0 Å². The minimum absolute atomic E-state index is 0.143. The molecule has 3 aromatic rings. The minimum atomic E-state index is -0.143. The van der Waals surface area contributed by atoms with Crippen molar-refractivity contribution in [2.45, 2.75) is 6.92 Å². The molecule has 120 valence electrons. The number of aromatic nitrogens is 1. The second-order valence-corrected chi connectivity index (χ2v) is 7.13. The second-order valence-electron chi connectivity index (χ2n) is 5.45. The number of hydrogen-bond acceptors (Lipinski definition) is 5. The highest BCUT2D eigenvalue weighted by molar-refractivity contribution is 7.73. The van der Waals surface area contributed by atoms with Crippen molar-refractivity contribution in [1.29, 1.82) is 0 Å². The van der Waals surface area contributed by atoms with E-state index in [1.807, 2.05) is 49.4 Å². The number of benzene rings is 2. The fourth-order valence-electron chi connectivity index (χ4n) is 2.55. The fourth-order valence-corrected chi connectivity index (χ4v) is 3.90. The van der Waals surface area contributed by atoms with E-state index < -0.39 is 0 Å². The van der Waals surface area contributed by atoms with Crippen molar-refractivity contribution in [3.8, 4) is 27.6 Å². The molecule has 1 aliphatic heterocycles. The van der Waals surface area contributed by atoms with Crippen LogP contribution in [0.25, 0.3) is 16.1 Å². The van der Waals surface area contributed by atoms with Gasteiger partial charge < -0.3 is 9.47 Å². The van der Waals surface area contributed by atoms with Gasteiger partial charge in [-0.05, 0) is 55.0 Å². The molecule has 0 bridgehead atoms. The third-order valence-electron chi connectivity index (χ3n) is 3.80. The maximum atomic E-state index is 12.6. The summed E-state index contributed by atoms with van der Waals surface area (Å²) in [6, 6.07) is 15.0. The van der Waals surface area contributed by atoms with E-state index in [1.165, 1.54) is 11.3 Å². The average molecular weight is 355 g/mol. The Balaban J connectivity index is 1.81. The molecular weight excluding hydrogens is 342 g/mol. The molecule has 0 aliphatic carbocycles. The van der Waals surface area contributed by atoms with Gasteiger partial charge in [-0.15, -0.1) is 11.3 Å². The topological polar surface area (TPSA) is 40.5 Å². The van der Waals surface area contributed by atoms with E-state index in [0.29, 0.717) is 9.70 Å². The first-order chi connectivity index (χ1) is 11.6. The average Bonchev–Trinajstić information content (AvgIpc) is 3.03. The van der Waals surface area contributed by atoms with Crippen molar-refractivity contribution < 1.29 is 9.47 Å². The van der Waals surface area contributed by atoms with Crippen LogP contribution in [0.4, 0.5) is 0 Å². The van der Waals surface area contributed by atoms with Gasteiger partial charge in [-0.3, -0.25) is 9.36 Å². The lowest BCUT2D eigenvalue weighted by molar-refractivity contribution is 0.174. The summed E-state index contributed by atoms with van der Waals surface area (Å²) in [6.07, 6.45) is 0. The Bertz CT molecular complexity index is 1000. The second kappa shape index (κ2) is 5.89. The van der Waals surface area contributed by atoms with Crippen molar-refractivity contribution >= 4 is 23.6 Å². The standard InChI is InChI=1S/C18H13NO3S2/c1-11-2-5-13(6-3-11)19-17(20)9-16(24-18(19)23)12-4-7-14-15(8-12)22-10-21-14/h2-9H,10H2,1H3. The molecule has 24 heavy (non-hydrogen) atoms. The van der Waals surface area contributed by atoms with Crippen molar-refractivity contribution in [2.75, 3.05) is 6.79 Å². The summed E-state index contributed by atoms with van der Waals surface area (Å²) in [5.41, 5.74) is 2.67. The molecule has 0 N–H and O–H groups in total. The number of fused-ring (bicyclic) bond motifs is 1. The molecule has 2 heterocycles. The third kappa shape index (κ3) is 2.64. The first-order valence-corrected chi connectivity index (χ1v) is 8.58. The number of hydrogen-bond donors (Lipinski definition) is 0. The molecular formula is C18H13NO3S2. The quantitative estimate of drug-likeness (QED) is 0.642. The molecule has 0 spiro atoms. The predicted molar refractivity (Wildman–Crippen MR) is 97.0 cm³/mol. The molecule has 0 fully saturated rings. The van der Waals surface area contributed by atoms with E-state index in [9.17, 15) is 4.79 Å². The molecule has 0 saturated carbocycles. The van der Waals surface area contributed by atoms with Gasteiger partial charge in [0.1, 0.15) is 0 Å². The summed E-state index contributed by atoms with van der Waals surface area (Å²) >= 11 is 6.86. The minimum Gasteiger partial charge on any atom is -0.454 e. The molecule has 0 saturated heterocycles. The Kier molecular flexibility index (Phi) is 3.70. The Labute approximate surface area is 147 Å². The molecule has 1 aromatic heterocycles. The monoisotopic (exact) mass is 355 g/mol. The molecule has 4 rings (SSSR count). The molecule has 0 radical (unpaired) electrons. The van der Waals surface area contributed by atoms with Crippen LogP contribution in [0.1, 0.15) is 5.56 Å². The number of aryl methyl sites for hydroxylation is 1. The predicted octanol–water partition coefficient (Wildman–Crippen LogP) is 4.33.